The van der Waals surface area contributed by atoms with Crippen LogP contribution in [0.25, 0.3) is 0 Å². The molecule has 299 valence electrons. The van der Waals surface area contributed by atoms with Crippen LogP contribution in [0.2, 0.25) is 0 Å². The van der Waals surface area contributed by atoms with E-state index in [2.05, 4.69) is 104 Å². The SMILES string of the molecule is C1=C\CC/C=C\CC/1.F[P-](F)(F)(F)(F)F.[CH]1[CH][CH][CH][CH]1.[CH]1[CH][C](CP(C2CCCCC2)C2CCCCC2)[C](P(c2ccccc2)c2ccccc2)[CH]1.[Fe+2].[Rh]. The van der Waals surface area contributed by atoms with Crippen LogP contribution in [0.1, 0.15) is 89.9 Å². The zero-order chi connectivity index (χ0) is 37.2. The van der Waals surface area contributed by atoms with Gasteiger partial charge in [-0.2, -0.15) is 0 Å². The van der Waals surface area contributed by atoms with Crippen LogP contribution in [0, 0.1) is 62.9 Å². The Hall–Kier alpha value is -0.0671. The first-order chi connectivity index (χ1) is 24.8. The van der Waals surface area contributed by atoms with Gasteiger partial charge in [0.25, 0.3) is 0 Å². The first-order valence-electron chi connectivity index (χ1n) is 18.8. The van der Waals surface area contributed by atoms with Crippen molar-refractivity contribution in [1.29, 1.82) is 0 Å². The Bertz CT molecular complexity index is 1210. The van der Waals surface area contributed by atoms with Gasteiger partial charge in [-0.1, -0.05) is 131 Å². The summed E-state index contributed by atoms with van der Waals surface area (Å²) < 4.78 is 59.2. The number of halogens is 6. The molecule has 0 aromatic heterocycles. The first kappa shape index (κ1) is 50.1. The predicted molar refractivity (Wildman–Crippen MR) is 216 cm³/mol. The fraction of sp³-hybridized carbons (Fsp3) is 0.395. The van der Waals surface area contributed by atoms with Crippen molar-refractivity contribution in [3.63, 3.8) is 0 Å². The molecule has 11 heteroatoms. The summed E-state index contributed by atoms with van der Waals surface area (Å²) in [5, 5.41) is 2.97. The van der Waals surface area contributed by atoms with Crippen molar-refractivity contribution < 1.29 is 61.7 Å². The van der Waals surface area contributed by atoms with Crippen molar-refractivity contribution in [2.45, 2.75) is 101 Å². The normalized spacial score (nSPS) is 22.5. The Kier molecular flexibility index (Phi) is 23.0. The van der Waals surface area contributed by atoms with E-state index in [1.165, 1.54) is 107 Å². The van der Waals surface area contributed by atoms with Crippen LogP contribution in [0.4, 0.5) is 25.2 Å². The summed E-state index contributed by atoms with van der Waals surface area (Å²) in [6.45, 7) is 0. The van der Waals surface area contributed by atoms with Crippen molar-refractivity contribution in [3.8, 4) is 0 Å². The fourth-order valence-corrected chi connectivity index (χ4v) is 13.6. The van der Waals surface area contributed by atoms with E-state index in [0.29, 0.717) is 0 Å². The van der Waals surface area contributed by atoms with Crippen LogP contribution in [0.15, 0.2) is 85.0 Å². The van der Waals surface area contributed by atoms with Gasteiger partial charge in [0.05, 0.1) is 0 Å². The van der Waals surface area contributed by atoms with Crippen molar-refractivity contribution in [3.05, 3.63) is 148 Å². The molecule has 11 radical (unpaired) electrons. The zero-order valence-electron chi connectivity index (χ0n) is 30.8. The van der Waals surface area contributed by atoms with E-state index in [4.69, 9.17) is 0 Å². The molecule has 0 nitrogen and oxygen atoms in total. The third-order valence-corrected chi connectivity index (χ3v) is 15.6. The molecule has 0 spiro atoms. The molecule has 0 aliphatic heterocycles. The molecule has 0 saturated heterocycles. The minimum atomic E-state index is -10.7. The molecule has 0 amide bonds. The van der Waals surface area contributed by atoms with Crippen molar-refractivity contribution in [2.75, 3.05) is 6.16 Å². The van der Waals surface area contributed by atoms with Crippen LogP contribution < -0.4 is 10.6 Å². The fourth-order valence-electron chi connectivity index (χ4n) is 7.14. The maximum atomic E-state index is 9.87. The van der Waals surface area contributed by atoms with E-state index in [9.17, 15) is 25.2 Å². The average molecular weight is 937 g/mol. The monoisotopic (exact) mass is 936 g/mol. The maximum Gasteiger partial charge on any atom is 2.00 e. The molecule has 54 heavy (non-hydrogen) atoms. The van der Waals surface area contributed by atoms with E-state index in [1.54, 1.807) is 11.6 Å². The molecular formula is C43H54F6FeP3Rh+. The first-order valence-corrected chi connectivity index (χ1v) is 23.8. The topological polar surface area (TPSA) is 0 Å². The van der Waals surface area contributed by atoms with Crippen LogP contribution >= 0.6 is 23.7 Å². The summed E-state index contributed by atoms with van der Waals surface area (Å²) in [6, 6.07) is 22.6. The average Bonchev–Trinajstić information content (AvgIpc) is 3.84. The summed E-state index contributed by atoms with van der Waals surface area (Å²) in [6.07, 6.45) is 47.5. The van der Waals surface area contributed by atoms with Gasteiger partial charge in [-0.25, -0.2) is 0 Å². The van der Waals surface area contributed by atoms with Crippen molar-refractivity contribution in [1.82, 2.24) is 0 Å². The molecule has 4 fully saturated rings. The molecular weight excluding hydrogens is 882 g/mol. The molecule has 5 aliphatic carbocycles. The third-order valence-electron chi connectivity index (χ3n) is 9.48. The zero-order valence-corrected chi connectivity index (χ0v) is 36.2. The Balaban J connectivity index is 0.000000374. The van der Waals surface area contributed by atoms with Crippen LogP contribution in [0.3, 0.4) is 0 Å². The van der Waals surface area contributed by atoms with Crippen molar-refractivity contribution >= 4 is 34.3 Å². The third kappa shape index (κ3) is 21.6. The van der Waals surface area contributed by atoms with E-state index in [-0.39, 0.29) is 44.5 Å². The summed E-state index contributed by atoms with van der Waals surface area (Å²) in [7, 11) is -11.1. The van der Waals surface area contributed by atoms with E-state index < -0.39 is 15.7 Å². The van der Waals surface area contributed by atoms with Gasteiger partial charge < -0.3 is 0 Å². The molecule has 2 aromatic rings. The standard InChI is InChI=1S/C30H37P2.C8H12.C5H5.F6P.Fe.Rh/c1-5-15-26(16-6-1)31(27-17-7-2-8-18-27)24-25-14-13-23-30(25)32(28-19-9-3-10-20-28)29-21-11-4-12-22-29;1-2-4-6-8-7-5-3-1;1-2-4-5-3-1;1-7(2,3,4,5)6;;/h3-4,9-14,19-23,26-27H,1-2,5-8,15-18,24H2;1-2,7-8H,3-6H2;1-5H;;;/q;;;-1;+2;/b;2-1-,8-7-;;;;. The van der Waals surface area contributed by atoms with Gasteiger partial charge in [0.2, 0.25) is 0 Å². The summed E-state index contributed by atoms with van der Waals surface area (Å²) >= 11 is 0. The largest absolute Gasteiger partial charge is 2.00 e. The van der Waals surface area contributed by atoms with Gasteiger partial charge in [-0.3, -0.25) is 0 Å². The predicted octanol–water partition coefficient (Wildman–Crippen LogP) is 15.1. The number of rotatable bonds is 7. The van der Waals surface area contributed by atoms with Crippen LogP contribution in [0.5, 0.6) is 0 Å². The molecule has 2 aromatic carbocycles. The number of hydrogen-bond donors (Lipinski definition) is 0. The van der Waals surface area contributed by atoms with E-state index >= 15 is 0 Å². The molecule has 0 unspecified atom stereocenters. The van der Waals surface area contributed by atoms with E-state index in [1.807, 2.05) is 32.1 Å². The number of benzene rings is 2. The summed E-state index contributed by atoms with van der Waals surface area (Å²) in [5.74, 6) is 1.67. The Morgan fingerprint density at radius 3 is 1.20 bits per heavy atom. The Morgan fingerprint density at radius 2 is 0.852 bits per heavy atom. The second-order valence-corrected chi connectivity index (χ2v) is 20.6. The quantitative estimate of drug-likeness (QED) is 0.112. The van der Waals surface area contributed by atoms with E-state index in [0.717, 1.165) is 11.3 Å². The molecule has 4 saturated carbocycles. The van der Waals surface area contributed by atoms with Gasteiger partial charge in [0.1, 0.15) is 0 Å². The van der Waals surface area contributed by atoms with Gasteiger partial charge in [-0.05, 0) is 145 Å². The van der Waals surface area contributed by atoms with Gasteiger partial charge >= 0.3 is 50.1 Å². The van der Waals surface area contributed by atoms with Crippen LogP contribution in [-0.4, -0.2) is 17.5 Å². The second-order valence-electron chi connectivity index (χ2n) is 13.7. The number of hydrogen-bond acceptors (Lipinski definition) is 0. The number of allylic oxidation sites excluding steroid dienone is 4. The summed E-state index contributed by atoms with van der Waals surface area (Å²) in [5.41, 5.74) is 3.66. The van der Waals surface area contributed by atoms with Gasteiger partial charge in [-0.15, -0.1) is 0 Å². The minimum Gasteiger partial charge on any atom is -0.0997 e. The maximum absolute atomic E-state index is 10.7. The minimum absolute atomic E-state index is 0. The smallest absolute Gasteiger partial charge is 0.0997 e. The molecule has 0 heterocycles. The van der Waals surface area contributed by atoms with Gasteiger partial charge in [0, 0.05) is 25.1 Å². The molecule has 0 atom stereocenters. The molecule has 0 N–H and O–H groups in total. The van der Waals surface area contributed by atoms with Crippen molar-refractivity contribution in [2.24, 2.45) is 0 Å². The molecule has 0 bridgehead atoms. The van der Waals surface area contributed by atoms with Crippen LogP contribution in [-0.2, 0) is 36.5 Å². The molecule has 5 aliphatic rings. The second kappa shape index (κ2) is 24.8. The van der Waals surface area contributed by atoms with Gasteiger partial charge in [0.15, 0.2) is 0 Å². The molecule has 7 rings (SSSR count). The Morgan fingerprint density at radius 1 is 0.500 bits per heavy atom. The Labute approximate surface area is 349 Å². The summed E-state index contributed by atoms with van der Waals surface area (Å²) in [4.78, 5) is 0.